The van der Waals surface area contributed by atoms with Crippen molar-refractivity contribution < 1.29 is 47.8 Å². The molecule has 2 unspecified atom stereocenters. The van der Waals surface area contributed by atoms with Crippen LogP contribution in [0.5, 0.6) is 0 Å². The Bertz CT molecular complexity index is 1030. The molecule has 412 valence electrons. The van der Waals surface area contributed by atoms with Crippen molar-refractivity contribution in [1.29, 1.82) is 0 Å². The van der Waals surface area contributed by atoms with Crippen LogP contribution in [0.15, 0.2) is 0 Å². The van der Waals surface area contributed by atoms with E-state index in [-0.39, 0.29) is 12.8 Å². The molecule has 0 rings (SSSR count). The van der Waals surface area contributed by atoms with Crippen molar-refractivity contribution in [2.24, 2.45) is 0 Å². The Labute approximate surface area is 426 Å². The molecule has 0 saturated heterocycles. The summed E-state index contributed by atoms with van der Waals surface area (Å²) in [7, 11) is -4.64. The largest absolute Gasteiger partial charge is 0.472 e. The van der Waals surface area contributed by atoms with E-state index in [0.29, 0.717) is 12.8 Å². The van der Waals surface area contributed by atoms with Gasteiger partial charge in [0.2, 0.25) is 0 Å². The van der Waals surface area contributed by atoms with Crippen molar-refractivity contribution in [3.63, 3.8) is 0 Å². The zero-order valence-corrected chi connectivity index (χ0v) is 46.5. The Morgan fingerprint density at radius 2 is 0.507 bits per heavy atom. The first-order valence-corrected chi connectivity index (χ1v) is 31.5. The molecular weight excluding hydrogens is 888 g/mol. The van der Waals surface area contributed by atoms with Crippen LogP contribution in [0.3, 0.4) is 0 Å². The Kier molecular flexibility index (Phi) is 53.9. The summed E-state index contributed by atoms with van der Waals surface area (Å²) in [4.78, 5) is 34.8. The molecule has 0 fully saturated rings. The highest BCUT2D eigenvalue weighted by Gasteiger charge is 2.27. The van der Waals surface area contributed by atoms with Crippen LogP contribution in [0.1, 0.15) is 322 Å². The number of aliphatic hydroxyl groups is 2. The molecule has 0 amide bonds. The smallest absolute Gasteiger partial charge is 0.457 e. The third-order valence-electron chi connectivity index (χ3n) is 13.8. The molecule has 11 heteroatoms. The third-order valence-corrected chi connectivity index (χ3v) is 14.8. The minimum atomic E-state index is -4.64. The van der Waals surface area contributed by atoms with E-state index in [1.165, 1.54) is 244 Å². The Balaban J connectivity index is 3.71. The Morgan fingerprint density at radius 1 is 0.333 bits per heavy atom. The van der Waals surface area contributed by atoms with Crippen LogP contribution in [-0.4, -0.2) is 65.7 Å². The van der Waals surface area contributed by atoms with Gasteiger partial charge in [-0.05, 0) is 12.8 Å². The van der Waals surface area contributed by atoms with Crippen molar-refractivity contribution in [1.82, 2.24) is 0 Å². The fourth-order valence-corrected chi connectivity index (χ4v) is 10.0. The van der Waals surface area contributed by atoms with Gasteiger partial charge in [-0.25, -0.2) is 4.57 Å². The number of hydrogen-bond donors (Lipinski definition) is 3. The molecule has 0 aliphatic heterocycles. The predicted molar refractivity (Wildman–Crippen MR) is 289 cm³/mol. The zero-order chi connectivity index (χ0) is 50.4. The SMILES string of the molecule is CCCCCCCCCCCCCCCCCCCCCCCCCC(=O)OC(CO)COP(=O)(O)OCC(CO)OC(=O)CCCCCCCCCCCCCCCCCCCCCCCCC. The van der Waals surface area contributed by atoms with E-state index in [1.807, 2.05) is 0 Å². The molecule has 0 aliphatic carbocycles. The van der Waals surface area contributed by atoms with Gasteiger partial charge in [0.25, 0.3) is 0 Å². The zero-order valence-electron chi connectivity index (χ0n) is 45.6. The molecule has 69 heavy (non-hydrogen) atoms. The maximum Gasteiger partial charge on any atom is 0.472 e. The highest BCUT2D eigenvalue weighted by atomic mass is 31.2. The Morgan fingerprint density at radius 3 is 0.681 bits per heavy atom. The van der Waals surface area contributed by atoms with E-state index in [4.69, 9.17) is 18.5 Å². The van der Waals surface area contributed by atoms with Crippen LogP contribution in [0.4, 0.5) is 0 Å². The molecule has 0 aromatic heterocycles. The minimum Gasteiger partial charge on any atom is -0.457 e. The molecule has 0 aromatic rings. The van der Waals surface area contributed by atoms with Crippen molar-refractivity contribution >= 4 is 19.8 Å². The first-order valence-electron chi connectivity index (χ1n) is 30.0. The van der Waals surface area contributed by atoms with Gasteiger partial charge in [-0.2, -0.15) is 0 Å². The van der Waals surface area contributed by atoms with Gasteiger partial charge in [-0.15, -0.1) is 0 Å². The number of rotatable bonds is 58. The van der Waals surface area contributed by atoms with Crippen LogP contribution >= 0.6 is 7.82 Å². The van der Waals surface area contributed by atoms with Crippen molar-refractivity contribution in [2.75, 3.05) is 26.4 Å². The number of carbonyl (C=O) groups is 2. The molecule has 0 radical (unpaired) electrons. The predicted octanol–water partition coefficient (Wildman–Crippen LogP) is 17.7. The van der Waals surface area contributed by atoms with E-state index in [2.05, 4.69) is 13.8 Å². The second kappa shape index (κ2) is 54.7. The van der Waals surface area contributed by atoms with E-state index >= 15 is 0 Å². The number of unbranched alkanes of at least 4 members (excludes halogenated alkanes) is 44. The molecule has 0 saturated carbocycles. The van der Waals surface area contributed by atoms with Gasteiger partial charge >= 0.3 is 19.8 Å². The standard InChI is InChI=1S/C58H115O10P/c1-3-5-7-9-11-13-15-17-19-21-23-25-27-29-31-33-35-37-39-41-43-45-47-49-57(61)67-55(51-59)53-65-69(63,64)66-54-56(52-60)68-58(62)50-48-46-44-42-40-38-36-34-32-30-28-26-24-22-20-18-16-14-12-10-8-6-4-2/h55-56,59-60H,3-54H2,1-2H3,(H,63,64). The van der Waals surface area contributed by atoms with Crippen LogP contribution < -0.4 is 0 Å². The summed E-state index contributed by atoms with van der Waals surface area (Å²) < 4.78 is 32.9. The fraction of sp³-hybridized carbons (Fsp3) is 0.966. The molecule has 0 aromatic carbocycles. The van der Waals surface area contributed by atoms with Gasteiger partial charge in [-0.1, -0.05) is 296 Å². The third kappa shape index (κ3) is 53.1. The van der Waals surface area contributed by atoms with E-state index in [9.17, 15) is 29.3 Å². The van der Waals surface area contributed by atoms with Gasteiger partial charge in [0.1, 0.15) is 12.2 Å². The summed E-state index contributed by atoms with van der Waals surface area (Å²) in [6, 6.07) is 0. The lowest BCUT2D eigenvalue weighted by atomic mass is 10.0. The molecule has 0 aliphatic rings. The van der Waals surface area contributed by atoms with E-state index in [0.717, 1.165) is 38.5 Å². The van der Waals surface area contributed by atoms with Gasteiger partial charge in [-0.3, -0.25) is 18.6 Å². The van der Waals surface area contributed by atoms with Crippen LogP contribution in [0.25, 0.3) is 0 Å². The maximum atomic E-state index is 12.5. The fourth-order valence-electron chi connectivity index (χ4n) is 9.24. The second-order valence-corrected chi connectivity index (χ2v) is 22.2. The normalized spacial score (nSPS) is 13.4. The van der Waals surface area contributed by atoms with Gasteiger partial charge in [0.05, 0.1) is 26.4 Å². The average Bonchev–Trinajstić information content (AvgIpc) is 3.34. The lowest BCUT2D eigenvalue weighted by Gasteiger charge is -2.20. The highest BCUT2D eigenvalue weighted by Crippen LogP contribution is 2.43. The van der Waals surface area contributed by atoms with Gasteiger partial charge < -0.3 is 24.6 Å². The van der Waals surface area contributed by atoms with Crippen molar-refractivity contribution in [3.05, 3.63) is 0 Å². The number of ether oxygens (including phenoxy) is 2. The Hall–Kier alpha value is -1.03. The highest BCUT2D eigenvalue weighted by molar-refractivity contribution is 7.47. The number of carbonyl (C=O) groups excluding carboxylic acids is 2. The molecule has 0 heterocycles. The van der Waals surface area contributed by atoms with Crippen molar-refractivity contribution in [3.8, 4) is 0 Å². The first kappa shape index (κ1) is 68.0. The quantitative estimate of drug-likeness (QED) is 0.0305. The van der Waals surface area contributed by atoms with Crippen molar-refractivity contribution in [2.45, 2.75) is 334 Å². The summed E-state index contributed by atoms with van der Waals surface area (Å²) in [6.45, 7) is 2.31. The van der Waals surface area contributed by atoms with Gasteiger partial charge in [0, 0.05) is 12.8 Å². The number of hydrogen-bond acceptors (Lipinski definition) is 9. The van der Waals surface area contributed by atoms with Crippen LogP contribution in [0, 0.1) is 0 Å². The monoisotopic (exact) mass is 1000 g/mol. The summed E-state index contributed by atoms with van der Waals surface area (Å²) in [5.41, 5.74) is 0. The minimum absolute atomic E-state index is 0.201. The summed E-state index contributed by atoms with van der Waals surface area (Å²) in [5, 5.41) is 19.3. The summed E-state index contributed by atoms with van der Waals surface area (Å²) in [5.74, 6) is -0.995. The number of phosphoric acid groups is 1. The lowest BCUT2D eigenvalue weighted by molar-refractivity contribution is -0.153. The molecule has 2 atom stereocenters. The lowest BCUT2D eigenvalue weighted by Crippen LogP contribution is -2.28. The molecule has 3 N–H and O–H groups in total. The molecule has 0 spiro atoms. The van der Waals surface area contributed by atoms with Crippen LogP contribution in [-0.2, 0) is 32.7 Å². The molecular formula is C58H115O10P. The summed E-state index contributed by atoms with van der Waals surface area (Å²) in [6.07, 6.45) is 58.1. The summed E-state index contributed by atoms with van der Waals surface area (Å²) >= 11 is 0. The topological polar surface area (TPSA) is 149 Å². The molecule has 0 bridgehead atoms. The maximum absolute atomic E-state index is 12.5. The van der Waals surface area contributed by atoms with E-state index < -0.39 is 58.4 Å². The second-order valence-electron chi connectivity index (χ2n) is 20.7. The molecule has 10 nitrogen and oxygen atoms in total. The number of esters is 2. The van der Waals surface area contributed by atoms with Gasteiger partial charge in [0.15, 0.2) is 0 Å². The number of aliphatic hydroxyl groups excluding tert-OH is 2. The van der Waals surface area contributed by atoms with Crippen LogP contribution in [0.2, 0.25) is 0 Å². The number of phosphoric ester groups is 1. The van der Waals surface area contributed by atoms with E-state index in [1.54, 1.807) is 0 Å². The first-order chi connectivity index (χ1) is 33.8. The average molecular weight is 1000 g/mol.